The molecule has 0 atom stereocenters. The Hall–Kier alpha value is -7.21. The van der Waals surface area contributed by atoms with Gasteiger partial charge < -0.3 is 4.57 Å². The zero-order valence-electron chi connectivity index (χ0n) is 28.9. The van der Waals surface area contributed by atoms with E-state index in [0.29, 0.717) is 5.56 Å². The lowest BCUT2D eigenvalue weighted by molar-refractivity contribution is 1.17. The van der Waals surface area contributed by atoms with Crippen molar-refractivity contribution in [2.75, 3.05) is 0 Å². The number of nitrogens with zero attached hydrogens (tertiary/aromatic N) is 2. The van der Waals surface area contributed by atoms with E-state index in [1.807, 2.05) is 6.07 Å². The topological polar surface area (TPSA) is 28.7 Å². The van der Waals surface area contributed by atoms with Crippen molar-refractivity contribution < 1.29 is 0 Å². The first-order valence-electron chi connectivity index (χ1n) is 18.0. The Morgan fingerprint density at radius 3 is 1.38 bits per heavy atom. The summed E-state index contributed by atoms with van der Waals surface area (Å²) in [6, 6.07) is 71.5. The van der Waals surface area contributed by atoms with Gasteiger partial charge in [-0.25, -0.2) is 0 Å². The molecule has 0 N–H and O–H groups in total. The van der Waals surface area contributed by atoms with E-state index in [1.54, 1.807) is 0 Å². The molecule has 0 spiro atoms. The fourth-order valence-corrected chi connectivity index (χ4v) is 8.30. The quantitative estimate of drug-likeness (QED) is 0.167. The Morgan fingerprint density at radius 2 is 0.792 bits per heavy atom. The Bertz CT molecular complexity index is 2940. The zero-order chi connectivity index (χ0) is 35.3. The van der Waals surface area contributed by atoms with Gasteiger partial charge in [-0.1, -0.05) is 170 Å². The molecule has 0 radical (unpaired) electrons. The van der Waals surface area contributed by atoms with Gasteiger partial charge in [0.1, 0.15) is 6.07 Å². The van der Waals surface area contributed by atoms with E-state index >= 15 is 0 Å². The largest absolute Gasteiger partial charge is 0.308 e. The van der Waals surface area contributed by atoms with Crippen LogP contribution in [0.4, 0.5) is 0 Å². The minimum absolute atomic E-state index is 0.642. The number of fused-ring (bicyclic) bond motifs is 5. The summed E-state index contributed by atoms with van der Waals surface area (Å²) in [5, 5.41) is 17.6. The van der Waals surface area contributed by atoms with Gasteiger partial charge in [-0.2, -0.15) is 5.26 Å². The summed E-state index contributed by atoms with van der Waals surface area (Å²) in [6.07, 6.45) is 0. The highest BCUT2D eigenvalue weighted by Crippen LogP contribution is 2.46. The number of rotatable bonds is 5. The van der Waals surface area contributed by atoms with Gasteiger partial charge in [0.05, 0.1) is 22.3 Å². The molecule has 0 saturated carbocycles. The molecular formula is C51H32N2. The maximum Gasteiger partial charge on any atom is 0.101 e. The molecule has 0 amide bonds. The first kappa shape index (κ1) is 30.6. The third-order valence-corrected chi connectivity index (χ3v) is 10.7. The smallest absolute Gasteiger partial charge is 0.101 e. The van der Waals surface area contributed by atoms with Crippen LogP contribution in [0.1, 0.15) is 5.56 Å². The molecule has 1 heterocycles. The number of aromatic nitrogens is 1. The summed E-state index contributed by atoms with van der Waals surface area (Å²) in [5.74, 6) is 0. The molecule has 2 nitrogen and oxygen atoms in total. The van der Waals surface area contributed by atoms with E-state index in [4.69, 9.17) is 0 Å². The van der Waals surface area contributed by atoms with Gasteiger partial charge in [0, 0.05) is 10.8 Å². The van der Waals surface area contributed by atoms with Crippen LogP contribution in [-0.2, 0) is 0 Å². The first-order chi connectivity index (χ1) is 26.3. The summed E-state index contributed by atoms with van der Waals surface area (Å²) in [7, 11) is 0. The Balaban J connectivity index is 1.11. The Labute approximate surface area is 308 Å². The zero-order valence-corrected chi connectivity index (χ0v) is 28.9. The van der Waals surface area contributed by atoms with Crippen LogP contribution in [-0.4, -0.2) is 4.57 Å². The first-order valence-corrected chi connectivity index (χ1v) is 18.0. The van der Waals surface area contributed by atoms with Crippen LogP contribution in [0.25, 0.3) is 93.5 Å². The van der Waals surface area contributed by atoms with Gasteiger partial charge >= 0.3 is 0 Å². The van der Waals surface area contributed by atoms with Crippen molar-refractivity contribution in [2.24, 2.45) is 0 Å². The molecule has 2 heteroatoms. The normalized spacial score (nSPS) is 11.4. The second kappa shape index (κ2) is 12.5. The highest BCUT2D eigenvalue weighted by atomic mass is 15.0. The van der Waals surface area contributed by atoms with Crippen molar-refractivity contribution in [3.8, 4) is 56.3 Å². The van der Waals surface area contributed by atoms with Crippen molar-refractivity contribution in [3.05, 3.63) is 200 Å². The fourth-order valence-electron chi connectivity index (χ4n) is 8.30. The van der Waals surface area contributed by atoms with Crippen molar-refractivity contribution in [1.29, 1.82) is 5.26 Å². The average molecular weight is 673 g/mol. The van der Waals surface area contributed by atoms with Gasteiger partial charge in [-0.05, 0) is 90.3 Å². The molecule has 1 aromatic heterocycles. The van der Waals surface area contributed by atoms with E-state index in [0.717, 1.165) is 33.4 Å². The van der Waals surface area contributed by atoms with E-state index in [1.165, 1.54) is 60.1 Å². The molecule has 0 unspecified atom stereocenters. The van der Waals surface area contributed by atoms with Crippen LogP contribution >= 0.6 is 0 Å². The number of hydrogen-bond donors (Lipinski definition) is 0. The summed E-state index contributed by atoms with van der Waals surface area (Å²) in [4.78, 5) is 0. The average Bonchev–Trinajstić information content (AvgIpc) is 3.57. The number of nitriles is 1. The van der Waals surface area contributed by atoms with Crippen molar-refractivity contribution >= 4 is 43.4 Å². The predicted octanol–water partition coefficient (Wildman–Crippen LogP) is 13.6. The number of para-hydroxylation sites is 2. The number of hydrogen-bond acceptors (Lipinski definition) is 1. The standard InChI is InChI=1S/C51H32N2/c52-33-38-31-30-37(32-49(38)53-47-24-12-10-17-40(47)41-18-11-13-25-48(41)53)34-26-28-35(29-27-34)39-16-4-5-19-42(39)51-45-22-8-6-20-43(45)50(36-14-2-1-3-15-36)44-21-7-9-23-46(44)51/h1-32H. The minimum atomic E-state index is 0.642. The third-order valence-electron chi connectivity index (χ3n) is 10.7. The summed E-state index contributed by atoms with van der Waals surface area (Å²) in [6.45, 7) is 0. The van der Waals surface area contributed by atoms with Gasteiger partial charge in [-0.15, -0.1) is 0 Å². The molecular weight excluding hydrogens is 641 g/mol. The van der Waals surface area contributed by atoms with Crippen molar-refractivity contribution in [3.63, 3.8) is 0 Å². The lowest BCUT2D eigenvalue weighted by atomic mass is 9.84. The van der Waals surface area contributed by atoms with Crippen LogP contribution in [0.3, 0.4) is 0 Å². The summed E-state index contributed by atoms with van der Waals surface area (Å²) in [5.41, 5.74) is 13.2. The molecule has 10 aromatic rings. The monoisotopic (exact) mass is 672 g/mol. The number of benzene rings is 9. The molecule has 246 valence electrons. The molecule has 0 fully saturated rings. The molecule has 0 bridgehead atoms. The van der Waals surface area contributed by atoms with Crippen LogP contribution in [0.15, 0.2) is 194 Å². The molecule has 0 aliphatic carbocycles. The maximum absolute atomic E-state index is 10.2. The Morgan fingerprint density at radius 1 is 0.340 bits per heavy atom. The maximum atomic E-state index is 10.2. The minimum Gasteiger partial charge on any atom is -0.308 e. The summed E-state index contributed by atoms with van der Waals surface area (Å²) >= 11 is 0. The van der Waals surface area contributed by atoms with Gasteiger partial charge in [0.15, 0.2) is 0 Å². The second-order valence-electron chi connectivity index (χ2n) is 13.5. The van der Waals surface area contributed by atoms with Crippen molar-refractivity contribution in [1.82, 2.24) is 4.57 Å². The van der Waals surface area contributed by atoms with Crippen LogP contribution in [0.5, 0.6) is 0 Å². The van der Waals surface area contributed by atoms with E-state index in [2.05, 4.69) is 199 Å². The van der Waals surface area contributed by atoms with Crippen LogP contribution < -0.4 is 0 Å². The van der Waals surface area contributed by atoms with Gasteiger partial charge in [-0.3, -0.25) is 0 Å². The highest BCUT2D eigenvalue weighted by Gasteiger charge is 2.19. The third kappa shape index (κ3) is 4.94. The predicted molar refractivity (Wildman–Crippen MR) is 222 cm³/mol. The molecule has 0 aliphatic heterocycles. The van der Waals surface area contributed by atoms with Crippen LogP contribution in [0, 0.1) is 11.3 Å². The molecule has 0 saturated heterocycles. The second-order valence-corrected chi connectivity index (χ2v) is 13.5. The van der Waals surface area contributed by atoms with Gasteiger partial charge in [0.25, 0.3) is 0 Å². The fraction of sp³-hybridized carbons (Fsp3) is 0. The lowest BCUT2D eigenvalue weighted by Crippen LogP contribution is -1.98. The molecule has 53 heavy (non-hydrogen) atoms. The molecule has 10 rings (SSSR count). The Kier molecular flexibility index (Phi) is 7.23. The van der Waals surface area contributed by atoms with Crippen LogP contribution in [0.2, 0.25) is 0 Å². The van der Waals surface area contributed by atoms with E-state index in [9.17, 15) is 5.26 Å². The lowest BCUT2D eigenvalue weighted by Gasteiger charge is -2.19. The molecule has 9 aromatic carbocycles. The SMILES string of the molecule is N#Cc1ccc(-c2ccc(-c3ccccc3-c3c4ccccc4c(-c4ccccc4)c4ccccc34)cc2)cc1-n1c2ccccc2c2ccccc21. The molecule has 0 aliphatic rings. The van der Waals surface area contributed by atoms with Gasteiger partial charge in [0.2, 0.25) is 0 Å². The van der Waals surface area contributed by atoms with E-state index < -0.39 is 0 Å². The highest BCUT2D eigenvalue weighted by molar-refractivity contribution is 6.22. The summed E-state index contributed by atoms with van der Waals surface area (Å²) < 4.78 is 2.23. The van der Waals surface area contributed by atoms with E-state index in [-0.39, 0.29) is 0 Å². The van der Waals surface area contributed by atoms with Crippen molar-refractivity contribution in [2.45, 2.75) is 0 Å².